The summed E-state index contributed by atoms with van der Waals surface area (Å²) in [5.41, 5.74) is 8.93. The van der Waals surface area contributed by atoms with Crippen LogP contribution in [0.4, 0.5) is 0 Å². The van der Waals surface area contributed by atoms with Gasteiger partial charge in [-0.1, -0.05) is 0 Å². The average Bonchev–Trinajstić information content (AvgIpc) is 2.99. The summed E-state index contributed by atoms with van der Waals surface area (Å²) in [5, 5.41) is 2.12. The molecule has 0 saturated carbocycles. The van der Waals surface area contributed by atoms with E-state index in [-0.39, 0.29) is 0 Å². The standard InChI is InChI=1S/C14H15N3OS/c1-18-12-4-2-10(3-5-12)13-9-19-14-16-11(6-7-15)8-17(13)14/h2-5,8-9H,6-7,15H2,1H3. The molecule has 0 aliphatic carbocycles. The number of methoxy groups -OCH3 is 1. The average molecular weight is 273 g/mol. The minimum absolute atomic E-state index is 0.628. The third kappa shape index (κ3) is 2.22. The van der Waals surface area contributed by atoms with Gasteiger partial charge in [0.25, 0.3) is 0 Å². The maximum atomic E-state index is 5.57. The number of aromatic nitrogens is 2. The fraction of sp³-hybridized carbons (Fsp3) is 0.214. The van der Waals surface area contributed by atoms with Crippen molar-refractivity contribution in [2.45, 2.75) is 6.42 Å². The second-order valence-electron chi connectivity index (χ2n) is 4.27. The van der Waals surface area contributed by atoms with Crippen molar-refractivity contribution in [1.82, 2.24) is 9.38 Å². The maximum Gasteiger partial charge on any atom is 0.194 e. The number of fused-ring (bicyclic) bond motifs is 1. The van der Waals surface area contributed by atoms with Crippen LogP contribution < -0.4 is 10.5 Å². The van der Waals surface area contributed by atoms with Crippen LogP contribution in [0.15, 0.2) is 35.8 Å². The zero-order chi connectivity index (χ0) is 13.2. The smallest absolute Gasteiger partial charge is 0.194 e. The number of hydrogen-bond donors (Lipinski definition) is 1. The summed E-state index contributed by atoms with van der Waals surface area (Å²) in [5.74, 6) is 0.865. The Morgan fingerprint density at radius 2 is 2.11 bits per heavy atom. The van der Waals surface area contributed by atoms with E-state index in [9.17, 15) is 0 Å². The summed E-state index contributed by atoms with van der Waals surface area (Å²) in [6.07, 6.45) is 2.88. The lowest BCUT2D eigenvalue weighted by atomic mass is 10.2. The lowest BCUT2D eigenvalue weighted by molar-refractivity contribution is 0.415. The predicted octanol–water partition coefficient (Wildman–Crippen LogP) is 2.57. The summed E-state index contributed by atoms with van der Waals surface area (Å²) >= 11 is 1.65. The van der Waals surface area contributed by atoms with Gasteiger partial charge in [-0.2, -0.15) is 0 Å². The minimum atomic E-state index is 0.628. The van der Waals surface area contributed by atoms with Gasteiger partial charge >= 0.3 is 0 Å². The van der Waals surface area contributed by atoms with Gasteiger partial charge in [-0.05, 0) is 36.4 Å². The Morgan fingerprint density at radius 1 is 1.32 bits per heavy atom. The molecule has 19 heavy (non-hydrogen) atoms. The Hall–Kier alpha value is -1.85. The Morgan fingerprint density at radius 3 is 2.79 bits per heavy atom. The van der Waals surface area contributed by atoms with Crippen molar-refractivity contribution in [2.24, 2.45) is 5.73 Å². The lowest BCUT2D eigenvalue weighted by Gasteiger charge is -2.02. The van der Waals surface area contributed by atoms with E-state index in [1.54, 1.807) is 18.4 Å². The topological polar surface area (TPSA) is 52.5 Å². The highest BCUT2D eigenvalue weighted by Crippen LogP contribution is 2.27. The van der Waals surface area contributed by atoms with E-state index in [0.29, 0.717) is 6.54 Å². The van der Waals surface area contributed by atoms with E-state index < -0.39 is 0 Å². The normalized spacial score (nSPS) is 11.1. The van der Waals surface area contributed by atoms with E-state index in [0.717, 1.165) is 34.1 Å². The molecule has 2 N–H and O–H groups in total. The van der Waals surface area contributed by atoms with Gasteiger partial charge in [0.15, 0.2) is 4.96 Å². The Kier molecular flexibility index (Phi) is 3.23. The minimum Gasteiger partial charge on any atom is -0.497 e. The fourth-order valence-electron chi connectivity index (χ4n) is 2.07. The van der Waals surface area contributed by atoms with Crippen LogP contribution in [0, 0.1) is 0 Å². The summed E-state index contributed by atoms with van der Waals surface area (Å²) in [7, 11) is 1.67. The van der Waals surface area contributed by atoms with Crippen LogP contribution >= 0.6 is 11.3 Å². The van der Waals surface area contributed by atoms with Crippen LogP contribution in [0.25, 0.3) is 16.2 Å². The van der Waals surface area contributed by atoms with E-state index in [1.165, 1.54) is 0 Å². The van der Waals surface area contributed by atoms with Gasteiger partial charge in [-0.25, -0.2) is 4.98 Å². The lowest BCUT2D eigenvalue weighted by Crippen LogP contribution is -2.02. The molecular formula is C14H15N3OS. The van der Waals surface area contributed by atoms with Crippen molar-refractivity contribution in [2.75, 3.05) is 13.7 Å². The number of nitrogens with two attached hydrogens (primary N) is 1. The molecule has 0 spiro atoms. The number of rotatable bonds is 4. The molecule has 3 aromatic rings. The third-order valence-corrected chi connectivity index (χ3v) is 3.89. The molecule has 0 amide bonds. The monoisotopic (exact) mass is 273 g/mol. The molecule has 0 aliphatic heterocycles. The van der Waals surface area contributed by atoms with Gasteiger partial charge in [-0.15, -0.1) is 11.3 Å². The highest BCUT2D eigenvalue weighted by molar-refractivity contribution is 7.15. The molecule has 1 aromatic carbocycles. The van der Waals surface area contributed by atoms with Crippen molar-refractivity contribution in [3.8, 4) is 17.0 Å². The van der Waals surface area contributed by atoms with Crippen molar-refractivity contribution < 1.29 is 4.74 Å². The second kappa shape index (κ2) is 5.03. The molecule has 0 saturated heterocycles. The molecule has 0 atom stereocenters. The Bertz CT molecular complexity index is 684. The molecular weight excluding hydrogens is 258 g/mol. The van der Waals surface area contributed by atoms with Gasteiger partial charge in [0, 0.05) is 18.0 Å². The predicted molar refractivity (Wildman–Crippen MR) is 77.8 cm³/mol. The molecule has 4 nitrogen and oxygen atoms in total. The van der Waals surface area contributed by atoms with Crippen LogP contribution in [0.5, 0.6) is 5.75 Å². The zero-order valence-corrected chi connectivity index (χ0v) is 11.5. The largest absolute Gasteiger partial charge is 0.497 e. The first kappa shape index (κ1) is 12.2. The quantitative estimate of drug-likeness (QED) is 0.795. The maximum absolute atomic E-state index is 5.57. The number of thiazole rings is 1. The number of benzene rings is 1. The number of nitrogens with zero attached hydrogens (tertiary/aromatic N) is 2. The van der Waals surface area contributed by atoms with Crippen LogP contribution in [0.2, 0.25) is 0 Å². The van der Waals surface area contributed by atoms with Crippen molar-refractivity contribution in [3.05, 3.63) is 41.5 Å². The van der Waals surface area contributed by atoms with Gasteiger partial charge in [-0.3, -0.25) is 4.40 Å². The molecule has 2 aromatic heterocycles. The van der Waals surface area contributed by atoms with Gasteiger partial charge in [0.1, 0.15) is 5.75 Å². The number of ether oxygens (including phenoxy) is 1. The summed E-state index contributed by atoms with van der Waals surface area (Å²) < 4.78 is 7.30. The van der Waals surface area contributed by atoms with Crippen LogP contribution in [0.3, 0.4) is 0 Å². The summed E-state index contributed by atoms with van der Waals surface area (Å²) in [4.78, 5) is 5.57. The molecule has 0 radical (unpaired) electrons. The van der Waals surface area contributed by atoms with E-state index in [4.69, 9.17) is 10.5 Å². The summed E-state index contributed by atoms with van der Waals surface area (Å²) in [6.45, 7) is 0.628. The molecule has 3 rings (SSSR count). The highest BCUT2D eigenvalue weighted by Gasteiger charge is 2.09. The number of hydrogen-bond acceptors (Lipinski definition) is 4. The molecule has 5 heteroatoms. The first-order valence-electron chi connectivity index (χ1n) is 6.12. The Labute approximate surface area is 115 Å². The summed E-state index contributed by atoms with van der Waals surface area (Å²) in [6, 6.07) is 8.05. The first-order valence-corrected chi connectivity index (χ1v) is 6.99. The number of imidazole rings is 1. The molecule has 0 bridgehead atoms. The fourth-order valence-corrected chi connectivity index (χ4v) is 2.97. The van der Waals surface area contributed by atoms with E-state index in [1.807, 2.05) is 12.1 Å². The molecule has 2 heterocycles. The van der Waals surface area contributed by atoms with E-state index >= 15 is 0 Å². The highest BCUT2D eigenvalue weighted by atomic mass is 32.1. The van der Waals surface area contributed by atoms with Crippen molar-refractivity contribution >= 4 is 16.3 Å². The molecule has 0 fully saturated rings. The zero-order valence-electron chi connectivity index (χ0n) is 10.7. The molecule has 0 unspecified atom stereocenters. The van der Waals surface area contributed by atoms with Crippen molar-refractivity contribution in [3.63, 3.8) is 0 Å². The van der Waals surface area contributed by atoms with Gasteiger partial charge in [0.05, 0.1) is 18.5 Å². The van der Waals surface area contributed by atoms with Crippen molar-refractivity contribution in [1.29, 1.82) is 0 Å². The first-order chi connectivity index (χ1) is 9.31. The molecule has 98 valence electrons. The van der Waals surface area contributed by atoms with Crippen LogP contribution in [-0.4, -0.2) is 23.0 Å². The third-order valence-electron chi connectivity index (χ3n) is 3.05. The van der Waals surface area contributed by atoms with Gasteiger partial charge in [0.2, 0.25) is 0 Å². The SMILES string of the molecule is COc1ccc(-c2csc3nc(CCN)cn23)cc1. The van der Waals surface area contributed by atoms with Crippen LogP contribution in [-0.2, 0) is 6.42 Å². The van der Waals surface area contributed by atoms with E-state index in [2.05, 4.69) is 33.1 Å². The van der Waals surface area contributed by atoms with Gasteiger partial charge < -0.3 is 10.5 Å². The molecule has 0 aliphatic rings. The second-order valence-corrected chi connectivity index (χ2v) is 5.11. The van der Waals surface area contributed by atoms with Crippen LogP contribution in [0.1, 0.15) is 5.69 Å². The Balaban J connectivity index is 2.03.